The van der Waals surface area contributed by atoms with Crippen molar-refractivity contribution in [3.63, 3.8) is 0 Å². The summed E-state index contributed by atoms with van der Waals surface area (Å²) in [5, 5.41) is 3.35. The Labute approximate surface area is 81.5 Å². The van der Waals surface area contributed by atoms with Crippen molar-refractivity contribution >= 4 is 24.8 Å². The molecular formula is C7H18Cl2N2. The van der Waals surface area contributed by atoms with Gasteiger partial charge in [0.05, 0.1) is 0 Å². The maximum Gasteiger partial charge on any atom is 0.0229 e. The molecule has 2 nitrogen and oxygen atoms in total. The molecule has 1 N–H and O–H groups in total. The van der Waals surface area contributed by atoms with Crippen LogP contribution in [0.1, 0.15) is 13.3 Å². The Kier molecular flexibility index (Phi) is 9.15. The molecule has 0 aromatic heterocycles. The number of hydrogen-bond acceptors (Lipinski definition) is 2. The van der Waals surface area contributed by atoms with Gasteiger partial charge in [-0.25, -0.2) is 0 Å². The van der Waals surface area contributed by atoms with Crippen LogP contribution in [0.15, 0.2) is 0 Å². The lowest BCUT2D eigenvalue weighted by molar-refractivity contribution is 0.270. The van der Waals surface area contributed by atoms with Crippen LogP contribution in [0.25, 0.3) is 0 Å². The number of likely N-dealkylation sites (N-methyl/N-ethyl adjacent to an activating group) is 1. The standard InChI is InChI=1S/C7H16N2.2ClH/c1-3-9(2)7-4-5-8-6-7;;/h7-8H,3-6H2,1-2H3;2*1H/t7-;;/m1../s1. The van der Waals surface area contributed by atoms with Crippen molar-refractivity contribution in [1.29, 1.82) is 0 Å². The summed E-state index contributed by atoms with van der Waals surface area (Å²) in [4.78, 5) is 2.40. The largest absolute Gasteiger partial charge is 0.315 e. The molecule has 1 saturated heterocycles. The first-order chi connectivity index (χ1) is 4.34. The zero-order valence-corrected chi connectivity index (χ0v) is 8.80. The first-order valence-corrected chi connectivity index (χ1v) is 3.75. The molecule has 0 bridgehead atoms. The predicted octanol–water partition coefficient (Wildman–Crippen LogP) is 1.14. The van der Waals surface area contributed by atoms with Gasteiger partial charge in [-0.1, -0.05) is 6.92 Å². The molecule has 1 aliphatic rings. The van der Waals surface area contributed by atoms with E-state index < -0.39 is 0 Å². The van der Waals surface area contributed by atoms with Crippen molar-refractivity contribution in [2.45, 2.75) is 19.4 Å². The van der Waals surface area contributed by atoms with Gasteiger partial charge in [0.15, 0.2) is 0 Å². The third-order valence-electron chi connectivity index (χ3n) is 2.16. The number of rotatable bonds is 2. The van der Waals surface area contributed by atoms with Crippen molar-refractivity contribution in [2.24, 2.45) is 0 Å². The molecule has 0 amide bonds. The fraction of sp³-hybridized carbons (Fsp3) is 1.00. The quantitative estimate of drug-likeness (QED) is 0.720. The summed E-state index contributed by atoms with van der Waals surface area (Å²) in [6.07, 6.45) is 1.32. The van der Waals surface area contributed by atoms with E-state index in [2.05, 4.69) is 24.2 Å². The fourth-order valence-electron chi connectivity index (χ4n) is 1.27. The zero-order chi connectivity index (χ0) is 6.69. The van der Waals surface area contributed by atoms with E-state index in [1.165, 1.54) is 26.1 Å². The maximum atomic E-state index is 3.35. The van der Waals surface area contributed by atoms with Crippen LogP contribution in [0.2, 0.25) is 0 Å². The van der Waals surface area contributed by atoms with Gasteiger partial charge in [-0.2, -0.15) is 0 Å². The molecule has 70 valence electrons. The third kappa shape index (κ3) is 4.16. The summed E-state index contributed by atoms with van der Waals surface area (Å²) in [6.45, 7) is 5.77. The summed E-state index contributed by atoms with van der Waals surface area (Å²) >= 11 is 0. The first-order valence-electron chi connectivity index (χ1n) is 3.75. The van der Waals surface area contributed by atoms with Crippen LogP contribution < -0.4 is 5.32 Å². The first kappa shape index (κ1) is 14.0. The van der Waals surface area contributed by atoms with Gasteiger partial charge in [0.2, 0.25) is 0 Å². The van der Waals surface area contributed by atoms with Gasteiger partial charge in [0, 0.05) is 12.6 Å². The molecule has 0 aromatic rings. The zero-order valence-electron chi connectivity index (χ0n) is 7.17. The maximum absolute atomic E-state index is 3.35. The van der Waals surface area contributed by atoms with Gasteiger partial charge in [-0.15, -0.1) is 24.8 Å². The SMILES string of the molecule is CCN(C)[C@@H]1CCNC1.Cl.Cl. The second-order valence-electron chi connectivity index (χ2n) is 2.72. The average molecular weight is 201 g/mol. The molecule has 11 heavy (non-hydrogen) atoms. The van der Waals surface area contributed by atoms with Gasteiger partial charge in [0.1, 0.15) is 0 Å². The lowest BCUT2D eigenvalue weighted by atomic mass is 10.2. The van der Waals surface area contributed by atoms with E-state index in [1.807, 2.05) is 0 Å². The van der Waals surface area contributed by atoms with E-state index in [0.717, 1.165) is 6.04 Å². The lowest BCUT2D eigenvalue weighted by Gasteiger charge is -2.20. The van der Waals surface area contributed by atoms with E-state index >= 15 is 0 Å². The van der Waals surface area contributed by atoms with Crippen LogP contribution >= 0.6 is 24.8 Å². The average Bonchev–Trinajstić information content (AvgIpc) is 2.37. The summed E-state index contributed by atoms with van der Waals surface area (Å²) in [5.41, 5.74) is 0. The Bertz CT molecular complexity index is 84.5. The lowest BCUT2D eigenvalue weighted by Crippen LogP contribution is -2.32. The molecule has 1 rings (SSSR count). The Hall–Kier alpha value is 0.500. The van der Waals surface area contributed by atoms with E-state index in [4.69, 9.17) is 0 Å². The Morgan fingerprint density at radius 1 is 1.45 bits per heavy atom. The molecule has 0 unspecified atom stereocenters. The van der Waals surface area contributed by atoms with Crippen LogP contribution in [0.5, 0.6) is 0 Å². The molecule has 4 heteroatoms. The molecule has 0 spiro atoms. The summed E-state index contributed by atoms with van der Waals surface area (Å²) in [7, 11) is 2.19. The summed E-state index contributed by atoms with van der Waals surface area (Å²) in [5.74, 6) is 0. The van der Waals surface area contributed by atoms with Crippen molar-refractivity contribution in [1.82, 2.24) is 10.2 Å². The topological polar surface area (TPSA) is 15.3 Å². The van der Waals surface area contributed by atoms with Crippen LogP contribution in [0.3, 0.4) is 0 Å². The summed E-state index contributed by atoms with van der Waals surface area (Å²) < 4.78 is 0. The Morgan fingerprint density at radius 2 is 2.09 bits per heavy atom. The van der Waals surface area contributed by atoms with E-state index in [-0.39, 0.29) is 24.8 Å². The molecule has 0 saturated carbocycles. The molecule has 1 fully saturated rings. The Balaban J connectivity index is 0. The predicted molar refractivity (Wildman–Crippen MR) is 54.1 cm³/mol. The van der Waals surface area contributed by atoms with Crippen molar-refractivity contribution in [3.8, 4) is 0 Å². The van der Waals surface area contributed by atoms with E-state index in [0.29, 0.717) is 0 Å². The smallest absolute Gasteiger partial charge is 0.0229 e. The number of hydrogen-bond donors (Lipinski definition) is 1. The van der Waals surface area contributed by atoms with E-state index in [1.54, 1.807) is 0 Å². The minimum atomic E-state index is 0. The van der Waals surface area contributed by atoms with Crippen molar-refractivity contribution in [2.75, 3.05) is 26.7 Å². The monoisotopic (exact) mass is 200 g/mol. The fourth-order valence-corrected chi connectivity index (χ4v) is 1.27. The van der Waals surface area contributed by atoms with E-state index in [9.17, 15) is 0 Å². The molecule has 1 heterocycles. The number of nitrogens with one attached hydrogen (secondary N) is 1. The third-order valence-corrected chi connectivity index (χ3v) is 2.16. The number of halogens is 2. The highest BCUT2D eigenvalue weighted by molar-refractivity contribution is 5.85. The van der Waals surface area contributed by atoms with Gasteiger partial charge >= 0.3 is 0 Å². The van der Waals surface area contributed by atoms with Crippen LogP contribution in [0, 0.1) is 0 Å². The van der Waals surface area contributed by atoms with Crippen molar-refractivity contribution in [3.05, 3.63) is 0 Å². The van der Waals surface area contributed by atoms with Crippen LogP contribution in [0.4, 0.5) is 0 Å². The highest BCUT2D eigenvalue weighted by atomic mass is 35.5. The Morgan fingerprint density at radius 3 is 2.45 bits per heavy atom. The summed E-state index contributed by atoms with van der Waals surface area (Å²) in [6, 6.07) is 0.801. The minimum Gasteiger partial charge on any atom is -0.315 e. The van der Waals surface area contributed by atoms with Crippen LogP contribution in [-0.4, -0.2) is 37.6 Å². The highest BCUT2D eigenvalue weighted by Gasteiger charge is 2.16. The number of nitrogens with zero attached hydrogens (tertiary/aromatic N) is 1. The minimum absolute atomic E-state index is 0. The van der Waals surface area contributed by atoms with Crippen molar-refractivity contribution < 1.29 is 0 Å². The molecule has 1 atom stereocenters. The van der Waals surface area contributed by atoms with Gasteiger partial charge in [-0.3, -0.25) is 0 Å². The normalized spacial score (nSPS) is 22.6. The molecule has 0 aliphatic carbocycles. The highest BCUT2D eigenvalue weighted by Crippen LogP contribution is 2.04. The molecule has 0 radical (unpaired) electrons. The molecular weight excluding hydrogens is 183 g/mol. The van der Waals surface area contributed by atoms with Crippen LogP contribution in [-0.2, 0) is 0 Å². The molecule has 1 aliphatic heterocycles. The van der Waals surface area contributed by atoms with Gasteiger partial charge < -0.3 is 10.2 Å². The van der Waals surface area contributed by atoms with Gasteiger partial charge in [-0.05, 0) is 26.6 Å². The van der Waals surface area contributed by atoms with Gasteiger partial charge in [0.25, 0.3) is 0 Å². The second-order valence-corrected chi connectivity index (χ2v) is 2.72. The second kappa shape index (κ2) is 7.17. The molecule has 0 aromatic carbocycles.